The summed E-state index contributed by atoms with van der Waals surface area (Å²) < 4.78 is 13.0. The van der Waals surface area contributed by atoms with Crippen molar-refractivity contribution < 1.29 is 14.3 Å². The Labute approximate surface area is 148 Å². The lowest BCUT2D eigenvalue weighted by Gasteiger charge is -2.26. The number of hydrogen-bond donors (Lipinski definition) is 1. The van der Waals surface area contributed by atoms with E-state index in [9.17, 15) is 4.79 Å². The average Bonchev–Trinajstić information content (AvgIpc) is 3.26. The number of ether oxygens (including phenoxy) is 2. The highest BCUT2D eigenvalue weighted by Crippen LogP contribution is 2.26. The van der Waals surface area contributed by atoms with Crippen molar-refractivity contribution in [3.05, 3.63) is 48.3 Å². The Bertz CT molecular complexity index is 676. The molecule has 0 bridgehead atoms. The highest BCUT2D eigenvalue weighted by atomic mass is 16.7. The van der Waals surface area contributed by atoms with Gasteiger partial charge in [-0.2, -0.15) is 5.10 Å². The summed E-state index contributed by atoms with van der Waals surface area (Å²) in [5, 5.41) is 7.19. The number of carbonyl (C=O) groups excluding carboxylic acids is 1. The molecule has 1 N–H and O–H groups in total. The van der Waals surface area contributed by atoms with Crippen LogP contribution in [0.2, 0.25) is 0 Å². The van der Waals surface area contributed by atoms with E-state index in [1.165, 1.54) is 0 Å². The summed E-state index contributed by atoms with van der Waals surface area (Å²) in [5.41, 5.74) is 1.96. The summed E-state index contributed by atoms with van der Waals surface area (Å²) in [7, 11) is 0. The second-order valence-corrected chi connectivity index (χ2v) is 6.74. The number of benzene rings is 1. The van der Waals surface area contributed by atoms with Crippen LogP contribution in [0.3, 0.4) is 0 Å². The van der Waals surface area contributed by atoms with E-state index in [0.29, 0.717) is 26.2 Å². The highest BCUT2D eigenvalue weighted by molar-refractivity contribution is 5.78. The molecule has 6 nitrogen and oxygen atoms in total. The number of nitrogens with one attached hydrogen (secondary N) is 1. The number of amides is 1. The average molecular weight is 343 g/mol. The normalized spacial score (nSPS) is 17.4. The SMILES string of the molecule is C[C@H](CNC(=O)Cc1ccc(-n2cccn2)cc1)CC1(C)OCCO1. The first-order valence-electron chi connectivity index (χ1n) is 8.68. The summed E-state index contributed by atoms with van der Waals surface area (Å²) >= 11 is 0. The number of aromatic nitrogens is 2. The summed E-state index contributed by atoms with van der Waals surface area (Å²) in [6, 6.07) is 9.73. The van der Waals surface area contributed by atoms with Crippen LogP contribution in [0.4, 0.5) is 0 Å². The van der Waals surface area contributed by atoms with Gasteiger partial charge in [0.2, 0.25) is 5.91 Å². The first-order valence-corrected chi connectivity index (χ1v) is 8.68. The summed E-state index contributed by atoms with van der Waals surface area (Å²) in [6.07, 6.45) is 4.77. The second kappa shape index (κ2) is 7.80. The van der Waals surface area contributed by atoms with E-state index in [-0.39, 0.29) is 11.8 Å². The molecule has 25 heavy (non-hydrogen) atoms. The molecule has 1 aliphatic heterocycles. The fraction of sp³-hybridized carbons (Fsp3) is 0.474. The predicted molar refractivity (Wildman–Crippen MR) is 94.4 cm³/mol. The van der Waals surface area contributed by atoms with E-state index in [0.717, 1.165) is 17.7 Å². The molecule has 1 fully saturated rings. The molecule has 1 atom stereocenters. The second-order valence-electron chi connectivity index (χ2n) is 6.74. The van der Waals surface area contributed by atoms with Crippen LogP contribution in [0.15, 0.2) is 42.7 Å². The van der Waals surface area contributed by atoms with Gasteiger partial charge in [0.05, 0.1) is 25.3 Å². The summed E-state index contributed by atoms with van der Waals surface area (Å²) in [6.45, 7) is 5.95. The molecular weight excluding hydrogens is 318 g/mol. The molecule has 2 heterocycles. The van der Waals surface area contributed by atoms with Crippen molar-refractivity contribution in [2.45, 2.75) is 32.5 Å². The fourth-order valence-corrected chi connectivity index (χ4v) is 3.10. The van der Waals surface area contributed by atoms with Crippen molar-refractivity contribution in [1.82, 2.24) is 15.1 Å². The molecule has 1 aromatic carbocycles. The van der Waals surface area contributed by atoms with Gasteiger partial charge in [-0.1, -0.05) is 19.1 Å². The highest BCUT2D eigenvalue weighted by Gasteiger charge is 2.32. The molecule has 134 valence electrons. The topological polar surface area (TPSA) is 65.4 Å². The molecule has 0 spiro atoms. The van der Waals surface area contributed by atoms with Crippen molar-refractivity contribution >= 4 is 5.91 Å². The standard InChI is InChI=1S/C19H25N3O3/c1-15(13-19(2)24-10-11-25-19)14-20-18(23)12-16-4-6-17(7-5-16)22-9-3-8-21-22/h3-9,15H,10-14H2,1-2H3,(H,20,23)/t15-/m0/s1. The Morgan fingerprint density at radius 1 is 1.32 bits per heavy atom. The van der Waals surface area contributed by atoms with Crippen molar-refractivity contribution in [1.29, 1.82) is 0 Å². The number of rotatable bonds is 7. The van der Waals surface area contributed by atoms with Crippen LogP contribution in [-0.2, 0) is 20.7 Å². The third-order valence-corrected chi connectivity index (χ3v) is 4.34. The minimum atomic E-state index is -0.507. The Morgan fingerprint density at radius 2 is 2.04 bits per heavy atom. The fourth-order valence-electron chi connectivity index (χ4n) is 3.10. The minimum absolute atomic E-state index is 0.0251. The maximum atomic E-state index is 12.2. The van der Waals surface area contributed by atoms with Crippen molar-refractivity contribution in [2.75, 3.05) is 19.8 Å². The van der Waals surface area contributed by atoms with Crippen LogP contribution in [0, 0.1) is 5.92 Å². The van der Waals surface area contributed by atoms with Gasteiger partial charge >= 0.3 is 0 Å². The summed E-state index contributed by atoms with van der Waals surface area (Å²) in [5.74, 6) is -0.196. The van der Waals surface area contributed by atoms with Crippen molar-refractivity contribution in [2.24, 2.45) is 5.92 Å². The zero-order valence-corrected chi connectivity index (χ0v) is 14.8. The Morgan fingerprint density at radius 3 is 2.68 bits per heavy atom. The van der Waals surface area contributed by atoms with Gasteiger partial charge in [0, 0.05) is 25.4 Å². The third kappa shape index (κ3) is 4.90. The van der Waals surface area contributed by atoms with E-state index < -0.39 is 5.79 Å². The minimum Gasteiger partial charge on any atom is -0.356 e. The molecule has 1 aliphatic rings. The number of carbonyl (C=O) groups is 1. The molecule has 0 radical (unpaired) electrons. The van der Waals surface area contributed by atoms with E-state index in [1.807, 2.05) is 43.5 Å². The maximum Gasteiger partial charge on any atom is 0.224 e. The lowest BCUT2D eigenvalue weighted by atomic mass is 10.0. The smallest absolute Gasteiger partial charge is 0.224 e. The van der Waals surface area contributed by atoms with E-state index in [4.69, 9.17) is 9.47 Å². The van der Waals surface area contributed by atoms with Crippen LogP contribution in [0.5, 0.6) is 0 Å². The first-order chi connectivity index (χ1) is 12.0. The van der Waals surface area contributed by atoms with Gasteiger partial charge in [0.25, 0.3) is 0 Å². The van der Waals surface area contributed by atoms with Crippen LogP contribution in [0.25, 0.3) is 5.69 Å². The van der Waals surface area contributed by atoms with Gasteiger partial charge in [-0.15, -0.1) is 0 Å². The quantitative estimate of drug-likeness (QED) is 0.838. The molecule has 0 unspecified atom stereocenters. The Hall–Kier alpha value is -2.18. The Balaban J connectivity index is 1.44. The van der Waals surface area contributed by atoms with Gasteiger partial charge in [0.1, 0.15) is 0 Å². The third-order valence-electron chi connectivity index (χ3n) is 4.34. The number of hydrogen-bond acceptors (Lipinski definition) is 4. The van der Waals surface area contributed by atoms with Gasteiger partial charge in [-0.25, -0.2) is 4.68 Å². The van der Waals surface area contributed by atoms with E-state index in [1.54, 1.807) is 10.9 Å². The van der Waals surface area contributed by atoms with Crippen LogP contribution in [0.1, 0.15) is 25.8 Å². The first kappa shape index (κ1) is 17.6. The summed E-state index contributed by atoms with van der Waals surface area (Å²) in [4.78, 5) is 12.2. The van der Waals surface area contributed by atoms with Crippen molar-refractivity contribution in [3.8, 4) is 5.69 Å². The predicted octanol–water partition coefficient (Wildman–Crippen LogP) is 2.32. The zero-order valence-electron chi connectivity index (χ0n) is 14.8. The van der Waals surface area contributed by atoms with Crippen LogP contribution in [-0.4, -0.2) is 41.2 Å². The molecule has 2 aromatic rings. The Kier molecular flexibility index (Phi) is 5.50. The number of nitrogens with zero attached hydrogens (tertiary/aromatic N) is 2. The molecule has 1 saturated heterocycles. The van der Waals surface area contributed by atoms with Crippen molar-refractivity contribution in [3.63, 3.8) is 0 Å². The van der Waals surface area contributed by atoms with Gasteiger partial charge < -0.3 is 14.8 Å². The lowest BCUT2D eigenvalue weighted by molar-refractivity contribution is -0.154. The maximum absolute atomic E-state index is 12.2. The molecule has 0 saturated carbocycles. The largest absolute Gasteiger partial charge is 0.356 e. The molecule has 3 rings (SSSR count). The monoisotopic (exact) mass is 343 g/mol. The zero-order chi connectivity index (χ0) is 17.7. The van der Waals surface area contributed by atoms with Crippen LogP contribution < -0.4 is 5.32 Å². The van der Waals surface area contributed by atoms with E-state index >= 15 is 0 Å². The molecule has 1 aromatic heterocycles. The van der Waals surface area contributed by atoms with Gasteiger partial charge in [0.15, 0.2) is 5.79 Å². The van der Waals surface area contributed by atoms with E-state index in [2.05, 4.69) is 17.3 Å². The lowest BCUT2D eigenvalue weighted by Crippen LogP contribution is -2.35. The van der Waals surface area contributed by atoms with Gasteiger partial charge in [-0.3, -0.25) is 4.79 Å². The molecule has 6 heteroatoms. The molecular formula is C19H25N3O3. The molecule has 0 aliphatic carbocycles. The van der Waals surface area contributed by atoms with Crippen LogP contribution >= 0.6 is 0 Å². The van der Waals surface area contributed by atoms with Gasteiger partial charge in [-0.05, 0) is 36.6 Å². The molecule has 1 amide bonds.